The number of carbonyl (C=O) groups is 1. The number of carbonyl (C=O) groups excluding carboxylic acids is 1. The van der Waals surface area contributed by atoms with E-state index in [9.17, 15) is 30.8 Å². The van der Waals surface area contributed by atoms with Crippen LogP contribution in [0.15, 0.2) is 76.5 Å². The van der Waals surface area contributed by atoms with Gasteiger partial charge in [-0.1, -0.05) is 12.1 Å². The molecule has 1 N–H and O–H groups in total. The Balaban J connectivity index is 1.26. The lowest BCUT2D eigenvalue weighted by Gasteiger charge is -2.22. The molecule has 1 atom stereocenters. The molecule has 0 saturated carbocycles. The monoisotopic (exact) mass is 563 g/mol. The number of ether oxygens (including phenoxy) is 1. The Hall–Kier alpha value is -3.97. The summed E-state index contributed by atoms with van der Waals surface area (Å²) in [5.74, 6) is -1.39. The van der Waals surface area contributed by atoms with E-state index in [0.29, 0.717) is 34.9 Å². The first-order chi connectivity index (χ1) is 18.5. The third-order valence-electron chi connectivity index (χ3n) is 6.21. The van der Waals surface area contributed by atoms with Crippen molar-refractivity contribution in [3.63, 3.8) is 0 Å². The molecular weight excluding hydrogens is 542 g/mol. The molecule has 8 nitrogen and oxygen atoms in total. The van der Waals surface area contributed by atoms with Crippen LogP contribution in [-0.2, 0) is 21.4 Å². The summed E-state index contributed by atoms with van der Waals surface area (Å²) < 4.78 is 87.6. The number of rotatable bonds is 7. The third-order valence-corrected chi connectivity index (χ3v) is 7.97. The Bertz CT molecular complexity index is 1620. The quantitative estimate of drug-likeness (QED) is 0.318. The van der Waals surface area contributed by atoms with Gasteiger partial charge in [-0.25, -0.2) is 12.8 Å². The number of sulfonamides is 1. The molecule has 1 saturated heterocycles. The topological polar surface area (TPSA) is 102 Å². The Labute approximate surface area is 220 Å². The molecule has 1 aliphatic rings. The molecule has 0 unspecified atom stereocenters. The maximum Gasteiger partial charge on any atom is 0.573 e. The van der Waals surface area contributed by atoms with Gasteiger partial charge in [0.2, 0.25) is 11.0 Å². The minimum Gasteiger partial charge on any atom is -0.443 e. The molecule has 2 aromatic heterocycles. The average Bonchev–Trinajstić information content (AvgIpc) is 3.55. The number of amides is 1. The van der Waals surface area contributed by atoms with Gasteiger partial charge in [0, 0.05) is 42.5 Å². The first-order valence-electron chi connectivity index (χ1n) is 11.8. The van der Waals surface area contributed by atoms with Gasteiger partial charge in [0.1, 0.15) is 23.2 Å². The zero-order valence-corrected chi connectivity index (χ0v) is 20.9. The van der Waals surface area contributed by atoms with Crippen LogP contribution in [0, 0.1) is 5.82 Å². The van der Waals surface area contributed by atoms with Crippen LogP contribution >= 0.6 is 0 Å². The Kier molecular flexibility index (Phi) is 7.03. The molecule has 1 amide bonds. The lowest BCUT2D eigenvalue weighted by Crippen LogP contribution is -2.45. The van der Waals surface area contributed by atoms with E-state index in [4.69, 9.17) is 4.42 Å². The lowest BCUT2D eigenvalue weighted by atomic mass is 10.1. The van der Waals surface area contributed by atoms with E-state index in [1.165, 1.54) is 54.9 Å². The van der Waals surface area contributed by atoms with Crippen molar-refractivity contribution in [1.29, 1.82) is 0 Å². The predicted octanol–water partition coefficient (Wildman–Crippen LogP) is 5.00. The lowest BCUT2D eigenvalue weighted by molar-refractivity contribution is -0.274. The average molecular weight is 564 g/mol. The summed E-state index contributed by atoms with van der Waals surface area (Å²) in [7, 11) is -4.16. The van der Waals surface area contributed by atoms with Gasteiger partial charge in [0.15, 0.2) is 0 Å². The second kappa shape index (κ2) is 10.3. The third kappa shape index (κ3) is 5.88. The molecule has 204 valence electrons. The fourth-order valence-corrected chi connectivity index (χ4v) is 6.03. The number of furan rings is 1. The number of aromatic nitrogens is 1. The molecule has 5 rings (SSSR count). The molecule has 0 bridgehead atoms. The maximum atomic E-state index is 13.5. The van der Waals surface area contributed by atoms with Gasteiger partial charge < -0.3 is 14.5 Å². The minimum atomic E-state index is -4.79. The van der Waals surface area contributed by atoms with Crippen molar-refractivity contribution in [1.82, 2.24) is 14.6 Å². The molecule has 1 aliphatic heterocycles. The summed E-state index contributed by atoms with van der Waals surface area (Å²) in [6, 6.07) is 10.9. The number of halogens is 4. The molecule has 3 heterocycles. The largest absolute Gasteiger partial charge is 0.573 e. The molecule has 0 spiro atoms. The molecular formula is C26H21F4N3O5S. The van der Waals surface area contributed by atoms with Crippen LogP contribution in [0.2, 0.25) is 0 Å². The number of benzene rings is 2. The van der Waals surface area contributed by atoms with Crippen molar-refractivity contribution in [2.45, 2.75) is 36.9 Å². The van der Waals surface area contributed by atoms with E-state index >= 15 is 0 Å². The summed E-state index contributed by atoms with van der Waals surface area (Å²) in [4.78, 5) is 17.1. The van der Waals surface area contributed by atoms with Crippen LogP contribution in [0.4, 0.5) is 17.6 Å². The summed E-state index contributed by atoms with van der Waals surface area (Å²) in [6.45, 7) is 0.167. The van der Waals surface area contributed by atoms with Crippen molar-refractivity contribution in [3.8, 4) is 16.9 Å². The first-order valence-corrected chi connectivity index (χ1v) is 13.2. The van der Waals surface area contributed by atoms with E-state index < -0.39 is 34.2 Å². The second-order valence-electron chi connectivity index (χ2n) is 8.89. The maximum absolute atomic E-state index is 13.5. The summed E-state index contributed by atoms with van der Waals surface area (Å²) >= 11 is 0. The van der Waals surface area contributed by atoms with Gasteiger partial charge in [-0.2, -0.15) is 4.31 Å². The van der Waals surface area contributed by atoms with Gasteiger partial charge in [-0.05, 0) is 60.4 Å². The van der Waals surface area contributed by atoms with E-state index in [-0.39, 0.29) is 29.5 Å². The normalized spacial score (nSPS) is 16.5. The molecule has 2 aromatic carbocycles. The van der Waals surface area contributed by atoms with Gasteiger partial charge in [0.25, 0.3) is 10.0 Å². The van der Waals surface area contributed by atoms with Crippen LogP contribution in [-0.4, -0.2) is 42.6 Å². The fraction of sp³-hybridized carbons (Fsp3) is 0.231. The molecule has 0 radical (unpaired) electrons. The molecule has 4 aromatic rings. The fourth-order valence-electron chi connectivity index (χ4n) is 4.42. The van der Waals surface area contributed by atoms with Crippen LogP contribution in [0.25, 0.3) is 22.1 Å². The second-order valence-corrected chi connectivity index (χ2v) is 10.7. The number of alkyl halides is 3. The first kappa shape index (κ1) is 26.6. The molecule has 39 heavy (non-hydrogen) atoms. The van der Waals surface area contributed by atoms with E-state index in [2.05, 4.69) is 15.0 Å². The van der Waals surface area contributed by atoms with Crippen LogP contribution < -0.4 is 10.1 Å². The summed E-state index contributed by atoms with van der Waals surface area (Å²) in [5.41, 5.74) is 2.00. The van der Waals surface area contributed by atoms with Crippen molar-refractivity contribution < 1.29 is 39.9 Å². The highest BCUT2D eigenvalue weighted by molar-refractivity contribution is 7.89. The molecule has 13 heteroatoms. The van der Waals surface area contributed by atoms with E-state index in [1.807, 2.05) is 0 Å². The molecule has 0 aliphatic carbocycles. The highest BCUT2D eigenvalue weighted by Crippen LogP contribution is 2.31. The summed E-state index contributed by atoms with van der Waals surface area (Å²) in [5, 5.41) is 2.66. The van der Waals surface area contributed by atoms with Crippen molar-refractivity contribution in [3.05, 3.63) is 78.4 Å². The van der Waals surface area contributed by atoms with Crippen molar-refractivity contribution >= 4 is 26.9 Å². The zero-order valence-electron chi connectivity index (χ0n) is 20.1. The van der Waals surface area contributed by atoms with Gasteiger partial charge >= 0.3 is 6.36 Å². The smallest absolute Gasteiger partial charge is 0.443 e. The Morgan fingerprint density at radius 1 is 1.08 bits per heavy atom. The molecule has 1 fully saturated rings. The highest BCUT2D eigenvalue weighted by Gasteiger charge is 2.41. The zero-order chi connectivity index (χ0) is 27.8. The van der Waals surface area contributed by atoms with Gasteiger partial charge in [-0.15, -0.1) is 13.2 Å². The number of fused-ring (bicyclic) bond motifs is 1. The van der Waals surface area contributed by atoms with Crippen LogP contribution in [0.1, 0.15) is 18.4 Å². The van der Waals surface area contributed by atoms with Crippen LogP contribution in [0.3, 0.4) is 0 Å². The van der Waals surface area contributed by atoms with Gasteiger partial charge in [0.05, 0.1) is 0 Å². The van der Waals surface area contributed by atoms with E-state index in [0.717, 1.165) is 10.4 Å². The van der Waals surface area contributed by atoms with Gasteiger partial charge in [-0.3, -0.25) is 9.78 Å². The number of hydrogen-bond donors (Lipinski definition) is 1. The standard InChI is InChI=1S/C26H21F4N3O5S/c27-20-5-8-23-18(11-20)12-24(37-23)39(35,36)33-9-1-2-22(33)25(34)32-14-16-10-19(15-31-13-16)17-3-6-21(7-4-17)38-26(28,29)30/h3-8,10-13,15,22H,1-2,9,14H2,(H,32,34)/t22-/m0/s1. The highest BCUT2D eigenvalue weighted by atomic mass is 32.2. The number of nitrogens with one attached hydrogen (secondary N) is 1. The number of hydrogen-bond acceptors (Lipinski definition) is 6. The Morgan fingerprint density at radius 2 is 1.85 bits per heavy atom. The predicted molar refractivity (Wildman–Crippen MR) is 131 cm³/mol. The van der Waals surface area contributed by atoms with E-state index in [1.54, 1.807) is 6.07 Å². The minimum absolute atomic E-state index is 0.0449. The van der Waals surface area contributed by atoms with Crippen molar-refractivity contribution in [2.75, 3.05) is 6.54 Å². The van der Waals surface area contributed by atoms with Crippen molar-refractivity contribution in [2.24, 2.45) is 0 Å². The number of pyridine rings is 1. The Morgan fingerprint density at radius 3 is 2.59 bits per heavy atom. The number of nitrogens with zero attached hydrogens (tertiary/aromatic N) is 2. The van der Waals surface area contributed by atoms with Crippen LogP contribution in [0.5, 0.6) is 5.75 Å². The summed E-state index contributed by atoms with van der Waals surface area (Å²) in [6.07, 6.45) is -0.972. The SMILES string of the molecule is O=C(NCc1cncc(-c2ccc(OC(F)(F)F)cc2)c1)[C@@H]1CCCN1S(=O)(=O)c1cc2cc(F)ccc2o1.